The van der Waals surface area contributed by atoms with Crippen LogP contribution in [0.5, 0.6) is 0 Å². The van der Waals surface area contributed by atoms with Crippen molar-refractivity contribution >= 4 is 12.1 Å². The lowest BCUT2D eigenvalue weighted by Gasteiger charge is -1.97. The van der Waals surface area contributed by atoms with Crippen LogP contribution in [0.2, 0.25) is 0 Å². The Hall–Kier alpha value is -3.15. The van der Waals surface area contributed by atoms with Crippen LogP contribution in [0, 0.1) is 0 Å². The first-order valence-corrected chi connectivity index (χ1v) is 6.79. The molecule has 110 valence electrons. The SMILES string of the molecule is Cn1cccc1-c1cc(C(=O)N/N=C/c2ccccc2)[nH]n1. The summed E-state index contributed by atoms with van der Waals surface area (Å²) < 4.78 is 1.94. The number of hydrogen-bond acceptors (Lipinski definition) is 3. The molecule has 6 nitrogen and oxygen atoms in total. The number of benzene rings is 1. The van der Waals surface area contributed by atoms with Crippen molar-refractivity contribution in [3.8, 4) is 11.4 Å². The minimum atomic E-state index is -0.333. The van der Waals surface area contributed by atoms with Gasteiger partial charge in [-0.15, -0.1) is 0 Å². The van der Waals surface area contributed by atoms with Crippen LogP contribution in [0.4, 0.5) is 0 Å². The zero-order chi connectivity index (χ0) is 15.4. The van der Waals surface area contributed by atoms with E-state index in [1.165, 1.54) is 0 Å². The first-order chi connectivity index (χ1) is 10.7. The first-order valence-electron chi connectivity index (χ1n) is 6.79. The van der Waals surface area contributed by atoms with Crippen LogP contribution in [0.1, 0.15) is 16.1 Å². The second kappa shape index (κ2) is 6.09. The first kappa shape index (κ1) is 13.8. The van der Waals surface area contributed by atoms with Gasteiger partial charge in [-0.05, 0) is 23.8 Å². The van der Waals surface area contributed by atoms with Crippen LogP contribution in [-0.4, -0.2) is 26.9 Å². The minimum Gasteiger partial charge on any atom is -0.349 e. The van der Waals surface area contributed by atoms with Gasteiger partial charge in [0, 0.05) is 13.2 Å². The fraction of sp³-hybridized carbons (Fsp3) is 0.0625. The molecule has 1 amide bonds. The normalized spacial score (nSPS) is 11.0. The Morgan fingerprint density at radius 2 is 2.09 bits per heavy atom. The Morgan fingerprint density at radius 3 is 2.82 bits per heavy atom. The summed E-state index contributed by atoms with van der Waals surface area (Å²) in [6, 6.07) is 15.1. The number of aromatic amines is 1. The van der Waals surface area contributed by atoms with Crippen molar-refractivity contribution in [1.29, 1.82) is 0 Å². The summed E-state index contributed by atoms with van der Waals surface area (Å²) in [5, 5.41) is 10.8. The molecule has 3 rings (SSSR count). The molecular formula is C16H15N5O. The van der Waals surface area contributed by atoms with E-state index in [-0.39, 0.29) is 5.91 Å². The number of nitrogens with one attached hydrogen (secondary N) is 2. The van der Waals surface area contributed by atoms with Gasteiger partial charge in [0.25, 0.3) is 5.91 Å². The fourth-order valence-electron chi connectivity index (χ4n) is 2.06. The summed E-state index contributed by atoms with van der Waals surface area (Å²) in [6.45, 7) is 0. The lowest BCUT2D eigenvalue weighted by molar-refractivity contribution is 0.0950. The van der Waals surface area contributed by atoms with Gasteiger partial charge in [-0.1, -0.05) is 30.3 Å². The van der Waals surface area contributed by atoms with Gasteiger partial charge in [0.1, 0.15) is 11.4 Å². The van der Waals surface area contributed by atoms with E-state index in [9.17, 15) is 4.79 Å². The summed E-state index contributed by atoms with van der Waals surface area (Å²) in [5.41, 5.74) is 5.40. The Morgan fingerprint density at radius 1 is 1.27 bits per heavy atom. The van der Waals surface area contributed by atoms with E-state index in [0.29, 0.717) is 11.4 Å². The maximum atomic E-state index is 12.0. The number of hydrogen-bond donors (Lipinski definition) is 2. The minimum absolute atomic E-state index is 0.333. The lowest BCUT2D eigenvalue weighted by Crippen LogP contribution is -2.17. The lowest BCUT2D eigenvalue weighted by atomic mass is 10.2. The monoisotopic (exact) mass is 293 g/mol. The van der Waals surface area contributed by atoms with Gasteiger partial charge in [0.05, 0.1) is 11.9 Å². The smallest absolute Gasteiger partial charge is 0.289 e. The molecule has 0 aliphatic carbocycles. The van der Waals surface area contributed by atoms with Crippen molar-refractivity contribution in [3.05, 3.63) is 66.0 Å². The molecule has 3 aromatic rings. The predicted molar refractivity (Wildman–Crippen MR) is 84.5 cm³/mol. The number of hydrazone groups is 1. The van der Waals surface area contributed by atoms with Gasteiger partial charge in [0.15, 0.2) is 0 Å². The molecule has 0 fully saturated rings. The van der Waals surface area contributed by atoms with E-state index in [0.717, 1.165) is 11.3 Å². The van der Waals surface area contributed by atoms with Crippen LogP contribution < -0.4 is 5.43 Å². The molecule has 2 aromatic heterocycles. The standard InChI is InChI=1S/C16H15N5O/c1-21-9-5-8-15(21)13-10-14(19-18-13)16(22)20-17-11-12-6-3-2-4-7-12/h2-11H,1H3,(H,18,19)(H,20,22)/b17-11+. The highest BCUT2D eigenvalue weighted by Crippen LogP contribution is 2.17. The summed E-state index contributed by atoms with van der Waals surface area (Å²) >= 11 is 0. The fourth-order valence-corrected chi connectivity index (χ4v) is 2.06. The number of aromatic nitrogens is 3. The van der Waals surface area contributed by atoms with Crippen molar-refractivity contribution in [2.75, 3.05) is 0 Å². The second-order valence-electron chi connectivity index (χ2n) is 4.78. The van der Waals surface area contributed by atoms with Crippen molar-refractivity contribution < 1.29 is 4.79 Å². The van der Waals surface area contributed by atoms with Crippen molar-refractivity contribution in [3.63, 3.8) is 0 Å². The zero-order valence-corrected chi connectivity index (χ0v) is 12.0. The third kappa shape index (κ3) is 2.95. The molecule has 0 aliphatic heterocycles. The van der Waals surface area contributed by atoms with Gasteiger partial charge in [-0.3, -0.25) is 9.89 Å². The molecule has 0 aliphatic rings. The Bertz CT molecular complexity index is 801. The third-order valence-electron chi connectivity index (χ3n) is 3.21. The van der Waals surface area contributed by atoms with Gasteiger partial charge in [-0.25, -0.2) is 5.43 Å². The second-order valence-corrected chi connectivity index (χ2v) is 4.78. The van der Waals surface area contributed by atoms with E-state index in [4.69, 9.17) is 0 Å². The molecule has 0 bridgehead atoms. The largest absolute Gasteiger partial charge is 0.349 e. The Kier molecular flexibility index (Phi) is 3.82. The number of aryl methyl sites for hydroxylation is 1. The number of nitrogens with zero attached hydrogens (tertiary/aromatic N) is 3. The van der Waals surface area contributed by atoms with Crippen LogP contribution >= 0.6 is 0 Å². The Labute approximate surface area is 127 Å². The van der Waals surface area contributed by atoms with E-state index < -0.39 is 0 Å². The number of carbonyl (C=O) groups excluding carboxylic acids is 1. The topological polar surface area (TPSA) is 75.1 Å². The van der Waals surface area contributed by atoms with Crippen molar-refractivity contribution in [2.24, 2.45) is 12.1 Å². The summed E-state index contributed by atoms with van der Waals surface area (Å²) in [7, 11) is 1.92. The maximum absolute atomic E-state index is 12.0. The third-order valence-corrected chi connectivity index (χ3v) is 3.21. The average Bonchev–Trinajstić information content (AvgIpc) is 3.17. The van der Waals surface area contributed by atoms with E-state index >= 15 is 0 Å². The molecular weight excluding hydrogens is 278 g/mol. The molecule has 2 heterocycles. The highest BCUT2D eigenvalue weighted by Gasteiger charge is 2.11. The van der Waals surface area contributed by atoms with Gasteiger partial charge >= 0.3 is 0 Å². The molecule has 0 spiro atoms. The van der Waals surface area contributed by atoms with Gasteiger partial charge < -0.3 is 4.57 Å². The highest BCUT2D eigenvalue weighted by atomic mass is 16.2. The molecule has 0 saturated heterocycles. The number of H-pyrrole nitrogens is 1. The molecule has 0 saturated carbocycles. The maximum Gasteiger partial charge on any atom is 0.289 e. The molecule has 22 heavy (non-hydrogen) atoms. The summed E-state index contributed by atoms with van der Waals surface area (Å²) in [5.74, 6) is -0.333. The van der Waals surface area contributed by atoms with Crippen molar-refractivity contribution in [1.82, 2.24) is 20.2 Å². The summed E-state index contributed by atoms with van der Waals surface area (Å²) in [6.07, 6.45) is 3.51. The molecule has 0 unspecified atom stereocenters. The number of carbonyl (C=O) groups is 1. The van der Waals surface area contributed by atoms with E-state index in [1.807, 2.05) is 60.3 Å². The summed E-state index contributed by atoms with van der Waals surface area (Å²) in [4.78, 5) is 12.0. The quantitative estimate of drug-likeness (QED) is 0.571. The van der Waals surface area contributed by atoms with Crippen molar-refractivity contribution in [2.45, 2.75) is 0 Å². The zero-order valence-electron chi connectivity index (χ0n) is 12.0. The van der Waals surface area contributed by atoms with Gasteiger partial charge in [-0.2, -0.15) is 10.2 Å². The van der Waals surface area contributed by atoms with E-state index in [1.54, 1.807) is 12.3 Å². The van der Waals surface area contributed by atoms with Crippen LogP contribution in [-0.2, 0) is 7.05 Å². The number of amides is 1. The molecule has 0 atom stereocenters. The molecule has 0 radical (unpaired) electrons. The Balaban J connectivity index is 1.67. The van der Waals surface area contributed by atoms with Gasteiger partial charge in [0.2, 0.25) is 0 Å². The van der Waals surface area contributed by atoms with E-state index in [2.05, 4.69) is 20.7 Å². The van der Waals surface area contributed by atoms with Crippen LogP contribution in [0.25, 0.3) is 11.4 Å². The average molecular weight is 293 g/mol. The molecule has 1 aromatic carbocycles. The van der Waals surface area contributed by atoms with Crippen LogP contribution in [0.3, 0.4) is 0 Å². The molecule has 6 heteroatoms. The highest BCUT2D eigenvalue weighted by molar-refractivity contribution is 5.94. The molecule has 2 N–H and O–H groups in total. The predicted octanol–water partition coefficient (Wildman–Crippen LogP) is 2.18. The number of rotatable bonds is 4. The van der Waals surface area contributed by atoms with Crippen LogP contribution in [0.15, 0.2) is 59.8 Å².